The van der Waals surface area contributed by atoms with Crippen LogP contribution in [-0.2, 0) is 11.3 Å². The SMILES string of the molecule is NCc1cccnc1F.O=C1NC(=O)/C(=C/c2ccnc(NC3CCCCC3)n2)S1. The van der Waals surface area contributed by atoms with Crippen LogP contribution in [0.1, 0.15) is 43.4 Å². The van der Waals surface area contributed by atoms with Crippen molar-refractivity contribution in [2.75, 3.05) is 5.32 Å². The van der Waals surface area contributed by atoms with Crippen LogP contribution < -0.4 is 16.4 Å². The van der Waals surface area contributed by atoms with E-state index in [2.05, 4.69) is 25.6 Å². The summed E-state index contributed by atoms with van der Waals surface area (Å²) in [7, 11) is 0. The molecule has 0 bridgehead atoms. The third-order valence-corrected chi connectivity index (χ3v) is 5.40. The number of imide groups is 1. The topological polar surface area (TPSA) is 123 Å². The van der Waals surface area contributed by atoms with Gasteiger partial charge in [-0.2, -0.15) is 4.39 Å². The van der Waals surface area contributed by atoms with E-state index in [0.29, 0.717) is 28.2 Å². The van der Waals surface area contributed by atoms with Gasteiger partial charge in [-0.25, -0.2) is 15.0 Å². The van der Waals surface area contributed by atoms with Crippen LogP contribution in [0.3, 0.4) is 0 Å². The Hall–Kier alpha value is -2.85. The van der Waals surface area contributed by atoms with Crippen LogP contribution in [0, 0.1) is 5.95 Å². The number of hydrogen-bond donors (Lipinski definition) is 3. The van der Waals surface area contributed by atoms with Crippen LogP contribution in [0.25, 0.3) is 6.08 Å². The first-order valence-electron chi connectivity index (χ1n) is 9.69. The zero-order valence-corrected chi connectivity index (χ0v) is 17.1. The third-order valence-electron chi connectivity index (χ3n) is 4.59. The molecular weight excluding hydrogens is 407 g/mol. The van der Waals surface area contributed by atoms with Gasteiger partial charge in [-0.05, 0) is 42.8 Å². The second kappa shape index (κ2) is 10.8. The third kappa shape index (κ3) is 6.33. The Bertz CT molecular complexity index is 933. The summed E-state index contributed by atoms with van der Waals surface area (Å²) in [5.41, 5.74) is 6.25. The number of nitrogens with two attached hydrogens (primary N) is 1. The number of nitrogens with zero attached hydrogens (tertiary/aromatic N) is 3. The van der Waals surface area contributed by atoms with Crippen LogP contribution in [0.15, 0.2) is 35.5 Å². The van der Waals surface area contributed by atoms with E-state index in [9.17, 15) is 14.0 Å². The van der Waals surface area contributed by atoms with Crippen molar-refractivity contribution < 1.29 is 14.0 Å². The molecular formula is C20H23FN6O2S. The molecule has 2 aliphatic rings. The minimum absolute atomic E-state index is 0.208. The zero-order valence-electron chi connectivity index (χ0n) is 16.3. The van der Waals surface area contributed by atoms with Gasteiger partial charge < -0.3 is 11.1 Å². The predicted octanol–water partition coefficient (Wildman–Crippen LogP) is 3.22. The van der Waals surface area contributed by atoms with E-state index in [1.807, 2.05) is 0 Å². The normalized spacial score (nSPS) is 18.0. The number of hydrogen-bond acceptors (Lipinski definition) is 8. The molecule has 10 heteroatoms. The second-order valence-corrected chi connectivity index (χ2v) is 7.81. The smallest absolute Gasteiger partial charge is 0.290 e. The molecule has 0 radical (unpaired) electrons. The highest BCUT2D eigenvalue weighted by molar-refractivity contribution is 8.18. The molecule has 3 heterocycles. The zero-order chi connectivity index (χ0) is 21.3. The van der Waals surface area contributed by atoms with E-state index < -0.39 is 5.95 Å². The number of thioether (sulfide) groups is 1. The van der Waals surface area contributed by atoms with Gasteiger partial charge in [0.15, 0.2) is 0 Å². The summed E-state index contributed by atoms with van der Waals surface area (Å²) in [6, 6.07) is 5.41. The van der Waals surface area contributed by atoms with E-state index in [0.717, 1.165) is 24.6 Å². The lowest BCUT2D eigenvalue weighted by Crippen LogP contribution is -2.23. The minimum atomic E-state index is -0.472. The maximum Gasteiger partial charge on any atom is 0.290 e. The number of amides is 2. The number of anilines is 1. The highest BCUT2D eigenvalue weighted by Gasteiger charge is 2.25. The van der Waals surface area contributed by atoms with Crippen molar-refractivity contribution in [2.24, 2.45) is 5.73 Å². The highest BCUT2D eigenvalue weighted by Crippen LogP contribution is 2.25. The van der Waals surface area contributed by atoms with Gasteiger partial charge in [0.25, 0.3) is 11.1 Å². The Kier molecular flexibility index (Phi) is 7.86. The largest absolute Gasteiger partial charge is 0.351 e. The first-order valence-corrected chi connectivity index (χ1v) is 10.5. The molecule has 0 unspecified atom stereocenters. The number of pyridine rings is 1. The monoisotopic (exact) mass is 430 g/mol. The van der Waals surface area contributed by atoms with Crippen molar-refractivity contribution in [1.29, 1.82) is 0 Å². The second-order valence-electron chi connectivity index (χ2n) is 6.79. The van der Waals surface area contributed by atoms with Crippen LogP contribution in [-0.4, -0.2) is 32.1 Å². The van der Waals surface area contributed by atoms with Crippen LogP contribution in [0.5, 0.6) is 0 Å². The Morgan fingerprint density at radius 1 is 1.20 bits per heavy atom. The van der Waals surface area contributed by atoms with Gasteiger partial charge in [-0.3, -0.25) is 14.9 Å². The molecule has 158 valence electrons. The quantitative estimate of drug-likeness (QED) is 0.499. The lowest BCUT2D eigenvalue weighted by molar-refractivity contribution is -0.115. The molecule has 4 N–H and O–H groups in total. The van der Waals surface area contributed by atoms with E-state index in [1.165, 1.54) is 25.5 Å². The van der Waals surface area contributed by atoms with Crippen molar-refractivity contribution in [3.8, 4) is 0 Å². The number of rotatable bonds is 4. The molecule has 2 amide bonds. The van der Waals surface area contributed by atoms with E-state index in [1.54, 1.807) is 30.5 Å². The minimum Gasteiger partial charge on any atom is -0.351 e. The van der Waals surface area contributed by atoms with Gasteiger partial charge >= 0.3 is 0 Å². The molecule has 0 aromatic carbocycles. The molecule has 0 atom stereocenters. The van der Waals surface area contributed by atoms with E-state index in [4.69, 9.17) is 5.73 Å². The Morgan fingerprint density at radius 3 is 2.63 bits per heavy atom. The summed E-state index contributed by atoms with van der Waals surface area (Å²) in [4.78, 5) is 35.0. The molecule has 2 aromatic heterocycles. The predicted molar refractivity (Wildman–Crippen MR) is 114 cm³/mol. The Morgan fingerprint density at radius 2 is 2.00 bits per heavy atom. The average Bonchev–Trinajstić information content (AvgIpc) is 3.06. The first-order chi connectivity index (χ1) is 14.5. The lowest BCUT2D eigenvalue weighted by Gasteiger charge is -2.22. The van der Waals surface area contributed by atoms with Crippen molar-refractivity contribution in [1.82, 2.24) is 20.3 Å². The average molecular weight is 431 g/mol. The summed E-state index contributed by atoms with van der Waals surface area (Å²) in [5.74, 6) is -0.267. The van der Waals surface area contributed by atoms with Crippen molar-refractivity contribution in [3.05, 3.63) is 52.7 Å². The fraction of sp³-hybridized carbons (Fsp3) is 0.350. The summed E-state index contributed by atoms with van der Waals surface area (Å²) < 4.78 is 12.4. The van der Waals surface area contributed by atoms with Crippen LogP contribution in [0.4, 0.5) is 15.1 Å². The van der Waals surface area contributed by atoms with Crippen molar-refractivity contribution >= 4 is 34.9 Å². The fourth-order valence-electron chi connectivity index (χ4n) is 3.08. The summed E-state index contributed by atoms with van der Waals surface area (Å²) in [6.07, 6.45) is 10.7. The molecule has 30 heavy (non-hydrogen) atoms. The standard InChI is InChI=1S/C14H16N4O2S.C6H7FN2/c19-12-11(21-14(20)18-12)8-10-6-7-15-13(17-10)16-9-4-2-1-3-5-9;7-6-5(4-8)2-1-3-9-6/h6-9H,1-5H2,(H,15,16,17)(H,18,19,20);1-3H,4,8H2/b11-8-;. The maximum absolute atomic E-state index is 12.4. The van der Waals surface area contributed by atoms with Crippen molar-refractivity contribution in [2.45, 2.75) is 44.7 Å². The van der Waals surface area contributed by atoms with E-state index >= 15 is 0 Å². The summed E-state index contributed by atoms with van der Waals surface area (Å²) in [5, 5.41) is 5.22. The number of aromatic nitrogens is 3. The maximum atomic E-state index is 12.4. The molecule has 0 spiro atoms. The molecule has 4 rings (SSSR count). The van der Waals surface area contributed by atoms with Crippen molar-refractivity contribution in [3.63, 3.8) is 0 Å². The molecule has 1 saturated heterocycles. The summed E-state index contributed by atoms with van der Waals surface area (Å²) in [6.45, 7) is 0.208. The molecule has 1 aliphatic carbocycles. The molecule has 1 saturated carbocycles. The lowest BCUT2D eigenvalue weighted by atomic mass is 9.96. The first kappa shape index (κ1) is 21.8. The molecule has 2 fully saturated rings. The van der Waals surface area contributed by atoms with Gasteiger partial charge in [-0.1, -0.05) is 25.3 Å². The highest BCUT2D eigenvalue weighted by atomic mass is 32.2. The van der Waals surface area contributed by atoms with Gasteiger partial charge in [0.1, 0.15) is 0 Å². The van der Waals surface area contributed by atoms with Gasteiger partial charge in [0, 0.05) is 30.5 Å². The Balaban J connectivity index is 0.000000239. The van der Waals surface area contributed by atoms with Gasteiger partial charge in [0.2, 0.25) is 11.9 Å². The Labute approximate surface area is 178 Å². The van der Waals surface area contributed by atoms with Gasteiger partial charge in [0.05, 0.1) is 10.6 Å². The molecule has 2 aromatic rings. The number of nitrogens with one attached hydrogen (secondary N) is 2. The number of carbonyl (C=O) groups excluding carboxylic acids is 2. The number of halogens is 1. The van der Waals surface area contributed by atoms with Crippen LogP contribution in [0.2, 0.25) is 0 Å². The number of carbonyl (C=O) groups is 2. The van der Waals surface area contributed by atoms with E-state index in [-0.39, 0.29) is 17.7 Å². The molecule has 8 nitrogen and oxygen atoms in total. The van der Waals surface area contributed by atoms with Crippen LogP contribution >= 0.6 is 11.8 Å². The molecule has 1 aliphatic heterocycles. The fourth-order valence-corrected chi connectivity index (χ4v) is 3.75. The summed E-state index contributed by atoms with van der Waals surface area (Å²) >= 11 is 0.891. The van der Waals surface area contributed by atoms with Gasteiger partial charge in [-0.15, -0.1) is 0 Å².